The van der Waals surface area contributed by atoms with E-state index < -0.39 is 0 Å². The Morgan fingerprint density at radius 2 is 2.18 bits per heavy atom. The van der Waals surface area contributed by atoms with Crippen LogP contribution in [0.3, 0.4) is 0 Å². The molecule has 0 amide bonds. The second kappa shape index (κ2) is 4.84. The molecule has 90 valence electrons. The number of halogens is 1. The van der Waals surface area contributed by atoms with Crippen LogP contribution in [0.5, 0.6) is 0 Å². The molecular formula is C13H14BrNS2. The Hall–Kier alpha value is -0.160. The zero-order chi connectivity index (χ0) is 11.8. The zero-order valence-corrected chi connectivity index (χ0v) is 12.9. The summed E-state index contributed by atoms with van der Waals surface area (Å²) >= 11 is 7.37. The largest absolute Gasteiger partial charge is 0.291 e. The molecule has 3 rings (SSSR count). The fraction of sp³-hybridized carbons (Fsp3) is 0.385. The van der Waals surface area contributed by atoms with Crippen molar-refractivity contribution in [1.82, 2.24) is 4.90 Å². The normalized spacial score (nSPS) is 20.5. The van der Waals surface area contributed by atoms with Crippen molar-refractivity contribution in [3.8, 4) is 0 Å². The molecule has 3 heterocycles. The maximum Gasteiger partial charge on any atom is 0.0345 e. The molecule has 0 spiro atoms. The molecule has 1 aliphatic heterocycles. The number of hydrogen-bond acceptors (Lipinski definition) is 3. The van der Waals surface area contributed by atoms with Crippen molar-refractivity contribution in [1.29, 1.82) is 0 Å². The van der Waals surface area contributed by atoms with Crippen LogP contribution < -0.4 is 0 Å². The number of thiophene rings is 2. The Balaban J connectivity index is 1.81. The summed E-state index contributed by atoms with van der Waals surface area (Å²) in [5, 5.41) is 4.38. The molecule has 0 aromatic carbocycles. The van der Waals surface area contributed by atoms with Crippen LogP contribution in [0.1, 0.15) is 28.3 Å². The van der Waals surface area contributed by atoms with E-state index in [0.717, 1.165) is 6.54 Å². The average Bonchev–Trinajstić information content (AvgIpc) is 2.92. The monoisotopic (exact) mass is 327 g/mol. The van der Waals surface area contributed by atoms with E-state index >= 15 is 0 Å². The highest BCUT2D eigenvalue weighted by atomic mass is 79.9. The summed E-state index contributed by atoms with van der Waals surface area (Å²) in [6.07, 6.45) is 1.21. The minimum atomic E-state index is 0.555. The molecular weight excluding hydrogens is 314 g/mol. The first-order chi connectivity index (χ1) is 8.25. The van der Waals surface area contributed by atoms with E-state index in [1.807, 2.05) is 22.7 Å². The Labute approximate surface area is 118 Å². The molecule has 1 unspecified atom stereocenters. The lowest BCUT2D eigenvalue weighted by molar-refractivity contribution is 0.193. The van der Waals surface area contributed by atoms with Crippen LogP contribution in [0.2, 0.25) is 0 Å². The van der Waals surface area contributed by atoms with E-state index in [9.17, 15) is 0 Å². The minimum absolute atomic E-state index is 0.555. The van der Waals surface area contributed by atoms with Gasteiger partial charge < -0.3 is 0 Å². The molecule has 0 bridgehead atoms. The maximum atomic E-state index is 3.62. The minimum Gasteiger partial charge on any atom is -0.291 e. The van der Waals surface area contributed by atoms with Gasteiger partial charge in [-0.25, -0.2) is 0 Å². The van der Waals surface area contributed by atoms with Crippen molar-refractivity contribution in [2.24, 2.45) is 0 Å². The van der Waals surface area contributed by atoms with Gasteiger partial charge in [0.05, 0.1) is 0 Å². The summed E-state index contributed by atoms with van der Waals surface area (Å²) in [5.41, 5.74) is 1.54. The molecule has 0 N–H and O–H groups in total. The Bertz CT molecular complexity index is 517. The van der Waals surface area contributed by atoms with Crippen LogP contribution in [0.15, 0.2) is 27.4 Å². The van der Waals surface area contributed by atoms with Crippen LogP contribution in [0, 0.1) is 0 Å². The van der Waals surface area contributed by atoms with E-state index in [-0.39, 0.29) is 0 Å². The number of nitrogens with zero attached hydrogens (tertiary/aromatic N) is 1. The summed E-state index contributed by atoms with van der Waals surface area (Å²) in [6.45, 7) is 4.57. The van der Waals surface area contributed by atoms with Crippen molar-refractivity contribution in [3.05, 3.63) is 42.7 Å². The number of hydrogen-bond donors (Lipinski definition) is 0. The van der Waals surface area contributed by atoms with Crippen LogP contribution in [0.25, 0.3) is 0 Å². The Morgan fingerprint density at radius 1 is 1.35 bits per heavy atom. The second-order valence-electron chi connectivity index (χ2n) is 4.39. The van der Waals surface area contributed by atoms with Gasteiger partial charge in [0.15, 0.2) is 0 Å². The topological polar surface area (TPSA) is 3.24 Å². The number of fused-ring (bicyclic) bond motifs is 1. The highest BCUT2D eigenvalue weighted by Crippen LogP contribution is 2.35. The quantitative estimate of drug-likeness (QED) is 0.773. The number of rotatable bonds is 2. The smallest absolute Gasteiger partial charge is 0.0345 e. The van der Waals surface area contributed by atoms with Gasteiger partial charge in [0, 0.05) is 33.4 Å². The summed E-state index contributed by atoms with van der Waals surface area (Å²) < 4.78 is 1.26. The third kappa shape index (κ3) is 2.24. The highest BCUT2D eigenvalue weighted by Gasteiger charge is 2.25. The molecule has 0 radical (unpaired) electrons. The molecule has 4 heteroatoms. The van der Waals surface area contributed by atoms with Crippen LogP contribution in [-0.2, 0) is 13.0 Å². The van der Waals surface area contributed by atoms with Gasteiger partial charge in [-0.1, -0.05) is 0 Å². The van der Waals surface area contributed by atoms with E-state index in [1.54, 1.807) is 4.88 Å². The van der Waals surface area contributed by atoms with Gasteiger partial charge >= 0.3 is 0 Å². The van der Waals surface area contributed by atoms with E-state index in [2.05, 4.69) is 50.6 Å². The summed E-state index contributed by atoms with van der Waals surface area (Å²) in [6, 6.07) is 4.99. The molecule has 1 aliphatic rings. The van der Waals surface area contributed by atoms with E-state index in [1.165, 1.54) is 27.9 Å². The van der Waals surface area contributed by atoms with Gasteiger partial charge in [0.25, 0.3) is 0 Å². The van der Waals surface area contributed by atoms with E-state index in [4.69, 9.17) is 0 Å². The molecule has 0 saturated heterocycles. The van der Waals surface area contributed by atoms with Gasteiger partial charge in [0.1, 0.15) is 0 Å². The molecule has 0 aliphatic carbocycles. The first kappa shape index (κ1) is 11.9. The zero-order valence-electron chi connectivity index (χ0n) is 9.65. The fourth-order valence-electron chi connectivity index (χ4n) is 2.40. The maximum absolute atomic E-state index is 3.62. The van der Waals surface area contributed by atoms with Crippen molar-refractivity contribution in [2.45, 2.75) is 25.9 Å². The van der Waals surface area contributed by atoms with Crippen molar-refractivity contribution >= 4 is 38.6 Å². The average molecular weight is 328 g/mol. The van der Waals surface area contributed by atoms with Crippen LogP contribution in [-0.4, -0.2) is 11.4 Å². The third-order valence-corrected chi connectivity index (χ3v) is 6.35. The van der Waals surface area contributed by atoms with Gasteiger partial charge in [-0.2, -0.15) is 0 Å². The first-order valence-electron chi connectivity index (χ1n) is 5.78. The lowest BCUT2D eigenvalue weighted by Gasteiger charge is -2.33. The summed E-state index contributed by atoms with van der Waals surface area (Å²) in [4.78, 5) is 5.60. The fourth-order valence-corrected chi connectivity index (χ4v) is 4.86. The van der Waals surface area contributed by atoms with Gasteiger partial charge in [-0.3, -0.25) is 4.90 Å². The Morgan fingerprint density at radius 3 is 2.94 bits per heavy atom. The third-order valence-electron chi connectivity index (χ3n) is 3.44. The summed E-state index contributed by atoms with van der Waals surface area (Å²) in [5.74, 6) is 0. The van der Waals surface area contributed by atoms with E-state index in [0.29, 0.717) is 6.04 Å². The molecule has 2 aromatic heterocycles. The summed E-state index contributed by atoms with van der Waals surface area (Å²) in [7, 11) is 0. The predicted molar refractivity (Wildman–Crippen MR) is 78.9 cm³/mol. The lowest BCUT2D eigenvalue weighted by atomic mass is 10.0. The van der Waals surface area contributed by atoms with Gasteiger partial charge in [0.2, 0.25) is 0 Å². The van der Waals surface area contributed by atoms with Crippen molar-refractivity contribution in [2.75, 3.05) is 6.54 Å². The predicted octanol–water partition coefficient (Wildman–Crippen LogP) is 4.69. The molecule has 0 saturated carbocycles. The SMILES string of the molecule is CC1c2ccsc2CCN1Cc1sccc1Br. The van der Waals surface area contributed by atoms with Gasteiger partial charge in [-0.15, -0.1) is 22.7 Å². The highest BCUT2D eigenvalue weighted by molar-refractivity contribution is 9.10. The second-order valence-corrected chi connectivity index (χ2v) is 7.24. The molecule has 0 fully saturated rings. The Kier molecular flexibility index (Phi) is 3.39. The van der Waals surface area contributed by atoms with Crippen LogP contribution >= 0.6 is 38.6 Å². The first-order valence-corrected chi connectivity index (χ1v) is 8.33. The lowest BCUT2D eigenvalue weighted by Crippen LogP contribution is -2.32. The molecule has 1 atom stereocenters. The molecule has 2 aromatic rings. The van der Waals surface area contributed by atoms with Crippen molar-refractivity contribution < 1.29 is 0 Å². The standard InChI is InChI=1S/C13H14BrNS2/c1-9-10-3-6-16-12(10)2-5-15(9)8-13-11(14)4-7-17-13/h3-4,6-7,9H,2,5,8H2,1H3. The van der Waals surface area contributed by atoms with Gasteiger partial charge in [-0.05, 0) is 57.7 Å². The van der Waals surface area contributed by atoms with Crippen molar-refractivity contribution in [3.63, 3.8) is 0 Å². The van der Waals surface area contributed by atoms with Crippen LogP contribution in [0.4, 0.5) is 0 Å². The molecule has 1 nitrogen and oxygen atoms in total. The molecule has 17 heavy (non-hydrogen) atoms.